The molecule has 0 unspecified atom stereocenters. The predicted molar refractivity (Wildman–Crippen MR) is 80.4 cm³/mol. The molecule has 0 atom stereocenters. The lowest BCUT2D eigenvalue weighted by Gasteiger charge is -2.06. The summed E-state index contributed by atoms with van der Waals surface area (Å²) >= 11 is 0. The van der Waals surface area contributed by atoms with Gasteiger partial charge in [-0.05, 0) is 42.0 Å². The lowest BCUT2D eigenvalue weighted by atomic mass is 10.1. The Kier molecular flexibility index (Phi) is 5.25. The Morgan fingerprint density at radius 3 is 2.55 bits per heavy atom. The van der Waals surface area contributed by atoms with Crippen LogP contribution < -0.4 is 10.1 Å². The summed E-state index contributed by atoms with van der Waals surface area (Å²) in [5, 5.41) is 2.56. The molecule has 0 aliphatic carbocycles. The summed E-state index contributed by atoms with van der Waals surface area (Å²) in [6, 6.07) is 12.4. The van der Waals surface area contributed by atoms with E-state index in [1.165, 1.54) is 24.3 Å². The summed E-state index contributed by atoms with van der Waals surface area (Å²) in [5.74, 6) is -0.256. The van der Waals surface area contributed by atoms with Crippen molar-refractivity contribution in [2.75, 3.05) is 13.7 Å². The van der Waals surface area contributed by atoms with Gasteiger partial charge in [0, 0.05) is 5.56 Å². The van der Waals surface area contributed by atoms with Gasteiger partial charge in [-0.1, -0.05) is 12.1 Å². The quantitative estimate of drug-likeness (QED) is 0.833. The van der Waals surface area contributed by atoms with Crippen molar-refractivity contribution in [3.05, 3.63) is 65.5 Å². The first-order valence-electron chi connectivity index (χ1n) is 6.77. The number of carbonyl (C=O) groups is 2. The Bertz CT molecular complexity index is 668. The van der Waals surface area contributed by atoms with E-state index in [0.29, 0.717) is 11.3 Å². The van der Waals surface area contributed by atoms with Gasteiger partial charge in [0.15, 0.2) is 5.78 Å². The normalized spacial score (nSPS) is 10.1. The molecule has 114 valence electrons. The fourth-order valence-corrected chi connectivity index (χ4v) is 1.95. The first-order chi connectivity index (χ1) is 10.6. The molecule has 0 fully saturated rings. The second-order valence-corrected chi connectivity index (χ2v) is 4.74. The Labute approximate surface area is 127 Å². The second kappa shape index (κ2) is 7.36. The number of nitrogens with one attached hydrogen (secondary N) is 1. The Hall–Kier alpha value is -2.69. The molecule has 2 rings (SSSR count). The standard InChI is InChI=1S/C17H16FNO3/c1-22-15-4-2-3-12(9-15)10-17(21)19-11-16(20)13-5-7-14(18)8-6-13/h2-9H,10-11H2,1H3,(H,19,21). The van der Waals surface area contributed by atoms with Crippen molar-refractivity contribution < 1.29 is 18.7 Å². The van der Waals surface area contributed by atoms with Crippen LogP contribution in [-0.2, 0) is 11.2 Å². The Morgan fingerprint density at radius 1 is 1.14 bits per heavy atom. The molecular weight excluding hydrogens is 285 g/mol. The number of amides is 1. The van der Waals surface area contributed by atoms with Gasteiger partial charge in [-0.2, -0.15) is 0 Å². The number of halogens is 1. The van der Waals surface area contributed by atoms with E-state index in [-0.39, 0.29) is 24.7 Å². The van der Waals surface area contributed by atoms with Crippen LogP contribution in [0.15, 0.2) is 48.5 Å². The average Bonchev–Trinajstić information content (AvgIpc) is 2.53. The minimum absolute atomic E-state index is 0.117. The highest BCUT2D eigenvalue weighted by molar-refractivity contribution is 5.99. The number of ether oxygens (including phenoxy) is 1. The van der Waals surface area contributed by atoms with Gasteiger partial charge in [0.1, 0.15) is 11.6 Å². The van der Waals surface area contributed by atoms with Gasteiger partial charge in [-0.15, -0.1) is 0 Å². The van der Waals surface area contributed by atoms with Crippen molar-refractivity contribution in [2.45, 2.75) is 6.42 Å². The molecule has 0 aliphatic heterocycles. The molecule has 0 saturated heterocycles. The minimum atomic E-state index is -0.404. The number of benzene rings is 2. The molecule has 1 amide bonds. The van der Waals surface area contributed by atoms with Crippen LogP contribution in [0.1, 0.15) is 15.9 Å². The van der Waals surface area contributed by atoms with Crippen LogP contribution in [0.25, 0.3) is 0 Å². The molecule has 0 heterocycles. The van der Waals surface area contributed by atoms with Crippen LogP contribution in [0, 0.1) is 5.82 Å². The highest BCUT2D eigenvalue weighted by Crippen LogP contribution is 2.12. The van der Waals surface area contributed by atoms with Crippen molar-refractivity contribution in [1.29, 1.82) is 0 Å². The van der Waals surface area contributed by atoms with Crippen LogP contribution in [0.3, 0.4) is 0 Å². The fourth-order valence-electron chi connectivity index (χ4n) is 1.95. The molecule has 2 aromatic carbocycles. The maximum atomic E-state index is 12.8. The largest absolute Gasteiger partial charge is 0.497 e. The number of hydrogen-bond acceptors (Lipinski definition) is 3. The van der Waals surface area contributed by atoms with Gasteiger partial charge in [0.25, 0.3) is 0 Å². The number of hydrogen-bond donors (Lipinski definition) is 1. The predicted octanol–water partition coefficient (Wildman–Crippen LogP) is 2.38. The van der Waals surface area contributed by atoms with E-state index in [1.807, 2.05) is 6.07 Å². The van der Waals surface area contributed by atoms with E-state index >= 15 is 0 Å². The molecule has 1 N–H and O–H groups in total. The fraction of sp³-hybridized carbons (Fsp3) is 0.176. The van der Waals surface area contributed by atoms with Gasteiger partial charge in [0.05, 0.1) is 20.1 Å². The van der Waals surface area contributed by atoms with Crippen LogP contribution in [0.5, 0.6) is 5.75 Å². The van der Waals surface area contributed by atoms with E-state index in [9.17, 15) is 14.0 Å². The van der Waals surface area contributed by atoms with E-state index < -0.39 is 5.82 Å². The first kappa shape index (κ1) is 15.7. The van der Waals surface area contributed by atoms with Gasteiger partial charge < -0.3 is 10.1 Å². The maximum absolute atomic E-state index is 12.8. The number of Topliss-reactive ketones (excluding diaryl/α,β-unsaturated/α-hetero) is 1. The maximum Gasteiger partial charge on any atom is 0.224 e. The van der Waals surface area contributed by atoms with Crippen molar-refractivity contribution in [1.82, 2.24) is 5.32 Å². The number of rotatable bonds is 6. The van der Waals surface area contributed by atoms with Crippen molar-refractivity contribution in [2.24, 2.45) is 0 Å². The third-order valence-corrected chi connectivity index (χ3v) is 3.11. The van der Waals surface area contributed by atoms with Crippen LogP contribution >= 0.6 is 0 Å². The molecule has 5 heteroatoms. The summed E-state index contributed by atoms with van der Waals surface area (Å²) in [4.78, 5) is 23.7. The van der Waals surface area contributed by atoms with Gasteiger partial charge in [0.2, 0.25) is 5.91 Å². The molecule has 0 radical (unpaired) electrons. The third-order valence-electron chi connectivity index (χ3n) is 3.11. The van der Waals surface area contributed by atoms with Crippen molar-refractivity contribution >= 4 is 11.7 Å². The summed E-state index contributed by atoms with van der Waals surface area (Å²) in [6.07, 6.45) is 0.161. The van der Waals surface area contributed by atoms with E-state index in [0.717, 1.165) is 5.56 Å². The zero-order valence-electron chi connectivity index (χ0n) is 12.1. The SMILES string of the molecule is COc1cccc(CC(=O)NCC(=O)c2ccc(F)cc2)c1. The molecule has 4 nitrogen and oxygen atoms in total. The third kappa shape index (κ3) is 4.41. The van der Waals surface area contributed by atoms with Crippen molar-refractivity contribution in [3.63, 3.8) is 0 Å². The zero-order valence-corrected chi connectivity index (χ0v) is 12.1. The first-order valence-corrected chi connectivity index (χ1v) is 6.77. The topological polar surface area (TPSA) is 55.4 Å². The molecular formula is C17H16FNO3. The number of carbonyl (C=O) groups excluding carboxylic acids is 2. The van der Waals surface area contributed by atoms with Gasteiger partial charge in [-0.25, -0.2) is 4.39 Å². The summed E-state index contributed by atoms with van der Waals surface area (Å²) < 4.78 is 17.9. The highest BCUT2D eigenvalue weighted by Gasteiger charge is 2.09. The van der Waals surface area contributed by atoms with Crippen LogP contribution in [-0.4, -0.2) is 25.3 Å². The van der Waals surface area contributed by atoms with Crippen LogP contribution in [0.4, 0.5) is 4.39 Å². The zero-order chi connectivity index (χ0) is 15.9. The van der Waals surface area contributed by atoms with Crippen molar-refractivity contribution in [3.8, 4) is 5.75 Å². The minimum Gasteiger partial charge on any atom is -0.497 e. The molecule has 22 heavy (non-hydrogen) atoms. The number of methoxy groups -OCH3 is 1. The monoisotopic (exact) mass is 301 g/mol. The van der Waals surface area contributed by atoms with Crippen LogP contribution in [0.2, 0.25) is 0 Å². The molecule has 0 aromatic heterocycles. The van der Waals surface area contributed by atoms with E-state index in [1.54, 1.807) is 25.3 Å². The number of ketones is 1. The summed E-state index contributed by atoms with van der Waals surface area (Å²) in [6.45, 7) is -0.117. The Balaban J connectivity index is 1.87. The van der Waals surface area contributed by atoms with Gasteiger partial charge >= 0.3 is 0 Å². The van der Waals surface area contributed by atoms with E-state index in [4.69, 9.17) is 4.74 Å². The smallest absolute Gasteiger partial charge is 0.224 e. The van der Waals surface area contributed by atoms with E-state index in [2.05, 4.69) is 5.32 Å². The molecule has 2 aromatic rings. The molecule has 0 bridgehead atoms. The molecule has 0 saturated carbocycles. The summed E-state index contributed by atoms with van der Waals surface area (Å²) in [7, 11) is 1.56. The lowest BCUT2D eigenvalue weighted by Crippen LogP contribution is -2.30. The summed E-state index contributed by atoms with van der Waals surface area (Å²) in [5.41, 5.74) is 1.16. The molecule has 0 spiro atoms. The Morgan fingerprint density at radius 2 is 1.86 bits per heavy atom. The highest BCUT2D eigenvalue weighted by atomic mass is 19.1. The lowest BCUT2D eigenvalue weighted by molar-refractivity contribution is -0.120. The average molecular weight is 301 g/mol. The molecule has 0 aliphatic rings. The second-order valence-electron chi connectivity index (χ2n) is 4.74. The van der Waals surface area contributed by atoms with Gasteiger partial charge in [-0.3, -0.25) is 9.59 Å².